The fraction of sp³-hybridized carbons (Fsp3) is 0.111. The van der Waals surface area contributed by atoms with E-state index in [0.717, 1.165) is 23.2 Å². The van der Waals surface area contributed by atoms with Gasteiger partial charge in [-0.25, -0.2) is 14.3 Å². The van der Waals surface area contributed by atoms with E-state index in [-0.39, 0.29) is 11.4 Å². The van der Waals surface area contributed by atoms with Gasteiger partial charge in [-0.3, -0.25) is 4.98 Å². The van der Waals surface area contributed by atoms with Gasteiger partial charge in [-0.2, -0.15) is 5.10 Å². The van der Waals surface area contributed by atoms with Crippen LogP contribution in [-0.2, 0) is 6.42 Å². The van der Waals surface area contributed by atoms with Crippen molar-refractivity contribution in [3.05, 3.63) is 60.4 Å². The van der Waals surface area contributed by atoms with E-state index in [4.69, 9.17) is 5.73 Å². The SMILES string of the molecule is CCc1cnn2ccc(-n3ccc(N)c3-c3nccnc3C(=O)O)cc12. The van der Waals surface area contributed by atoms with Crippen LogP contribution in [0.1, 0.15) is 23.0 Å². The van der Waals surface area contributed by atoms with E-state index in [9.17, 15) is 9.90 Å². The number of nitrogen functional groups attached to an aromatic ring is 1. The highest BCUT2D eigenvalue weighted by Gasteiger charge is 2.21. The number of carboxylic acid groups (broad SMARTS) is 1. The van der Waals surface area contributed by atoms with Crippen LogP contribution in [0.25, 0.3) is 22.6 Å². The second kappa shape index (κ2) is 5.99. The Morgan fingerprint density at radius 2 is 2.04 bits per heavy atom. The van der Waals surface area contributed by atoms with Gasteiger partial charge in [0.15, 0.2) is 5.69 Å². The smallest absolute Gasteiger partial charge is 0.356 e. The predicted octanol–water partition coefficient (Wildman–Crippen LogP) is 2.42. The summed E-state index contributed by atoms with van der Waals surface area (Å²) in [5.41, 5.74) is 10.1. The molecular formula is C18H16N6O2. The maximum absolute atomic E-state index is 11.5. The summed E-state index contributed by atoms with van der Waals surface area (Å²) < 4.78 is 3.62. The molecule has 0 saturated heterocycles. The highest BCUT2D eigenvalue weighted by Crippen LogP contribution is 2.30. The minimum absolute atomic E-state index is 0.140. The number of rotatable bonds is 4. The highest BCUT2D eigenvalue weighted by molar-refractivity contribution is 5.94. The fourth-order valence-corrected chi connectivity index (χ4v) is 3.02. The molecule has 4 aromatic rings. The Bertz CT molecular complexity index is 1130. The molecule has 0 saturated carbocycles. The summed E-state index contributed by atoms with van der Waals surface area (Å²) in [5, 5.41) is 13.8. The molecule has 4 rings (SSSR count). The molecule has 0 aliphatic heterocycles. The Balaban J connectivity index is 1.95. The van der Waals surface area contributed by atoms with Crippen LogP contribution in [0.2, 0.25) is 0 Å². The molecular weight excluding hydrogens is 332 g/mol. The van der Waals surface area contributed by atoms with Crippen LogP contribution < -0.4 is 5.73 Å². The first-order valence-electron chi connectivity index (χ1n) is 8.08. The molecule has 0 bridgehead atoms. The third-order valence-corrected chi connectivity index (χ3v) is 4.29. The van der Waals surface area contributed by atoms with Gasteiger partial charge in [-0.15, -0.1) is 0 Å². The number of aromatic carboxylic acids is 1. The van der Waals surface area contributed by atoms with Gasteiger partial charge in [0, 0.05) is 30.5 Å². The minimum Gasteiger partial charge on any atom is -0.476 e. The van der Waals surface area contributed by atoms with Gasteiger partial charge >= 0.3 is 5.97 Å². The molecule has 0 atom stereocenters. The zero-order valence-corrected chi connectivity index (χ0v) is 14.0. The molecule has 130 valence electrons. The summed E-state index contributed by atoms with van der Waals surface area (Å²) in [6.45, 7) is 2.07. The number of pyridine rings is 1. The molecule has 8 nitrogen and oxygen atoms in total. The van der Waals surface area contributed by atoms with Crippen LogP contribution >= 0.6 is 0 Å². The zero-order chi connectivity index (χ0) is 18.3. The molecule has 0 aliphatic rings. The zero-order valence-electron chi connectivity index (χ0n) is 14.0. The van der Waals surface area contributed by atoms with Crippen molar-refractivity contribution in [1.29, 1.82) is 0 Å². The lowest BCUT2D eigenvalue weighted by Crippen LogP contribution is -2.08. The van der Waals surface area contributed by atoms with E-state index in [1.54, 1.807) is 16.8 Å². The van der Waals surface area contributed by atoms with Crippen LogP contribution in [0.15, 0.2) is 49.2 Å². The Hall–Kier alpha value is -3.68. The number of aryl methyl sites for hydroxylation is 1. The lowest BCUT2D eigenvalue weighted by molar-refractivity contribution is 0.0691. The predicted molar refractivity (Wildman–Crippen MR) is 96.3 cm³/mol. The standard InChI is InChI=1S/C18H16N6O2/c1-2-11-10-22-24-8-3-12(9-14(11)24)23-7-4-13(19)17(23)15-16(18(25)26)21-6-5-20-15/h3-10H,2,19H2,1H3,(H,25,26). The lowest BCUT2D eigenvalue weighted by atomic mass is 10.2. The van der Waals surface area contributed by atoms with Crippen molar-refractivity contribution >= 4 is 17.2 Å². The average Bonchev–Trinajstić information content (AvgIpc) is 3.24. The van der Waals surface area contributed by atoms with Gasteiger partial charge in [0.1, 0.15) is 5.69 Å². The molecule has 0 spiro atoms. The largest absolute Gasteiger partial charge is 0.476 e. The van der Waals surface area contributed by atoms with Crippen molar-refractivity contribution in [3.63, 3.8) is 0 Å². The minimum atomic E-state index is -1.15. The average molecular weight is 348 g/mol. The Morgan fingerprint density at radius 3 is 2.81 bits per heavy atom. The maximum Gasteiger partial charge on any atom is 0.356 e. The van der Waals surface area contributed by atoms with Gasteiger partial charge in [0.2, 0.25) is 0 Å². The van der Waals surface area contributed by atoms with Gasteiger partial charge in [0.25, 0.3) is 0 Å². The molecule has 0 unspecified atom stereocenters. The quantitative estimate of drug-likeness (QED) is 0.586. The molecule has 4 heterocycles. The molecule has 8 heteroatoms. The molecule has 0 aromatic carbocycles. The van der Waals surface area contributed by atoms with Crippen molar-refractivity contribution in [2.45, 2.75) is 13.3 Å². The number of hydrogen-bond donors (Lipinski definition) is 2. The van der Waals surface area contributed by atoms with Crippen molar-refractivity contribution in [1.82, 2.24) is 24.1 Å². The molecule has 0 aliphatic carbocycles. The van der Waals surface area contributed by atoms with Crippen LogP contribution in [0, 0.1) is 0 Å². The van der Waals surface area contributed by atoms with E-state index in [2.05, 4.69) is 22.0 Å². The second-order valence-electron chi connectivity index (χ2n) is 5.79. The molecule has 26 heavy (non-hydrogen) atoms. The van der Waals surface area contributed by atoms with Crippen LogP contribution in [0.3, 0.4) is 0 Å². The third-order valence-electron chi connectivity index (χ3n) is 4.29. The monoisotopic (exact) mass is 348 g/mol. The highest BCUT2D eigenvalue weighted by atomic mass is 16.4. The number of nitrogens with two attached hydrogens (primary N) is 1. The number of aromatic nitrogens is 5. The van der Waals surface area contributed by atoms with Crippen molar-refractivity contribution < 1.29 is 9.90 Å². The first kappa shape index (κ1) is 15.8. The Kier molecular flexibility index (Phi) is 3.65. The van der Waals surface area contributed by atoms with Crippen LogP contribution in [-0.4, -0.2) is 35.2 Å². The van der Waals surface area contributed by atoms with E-state index < -0.39 is 5.97 Å². The first-order chi connectivity index (χ1) is 12.6. The van der Waals surface area contributed by atoms with E-state index >= 15 is 0 Å². The summed E-state index contributed by atoms with van der Waals surface area (Å²) in [6, 6.07) is 5.60. The summed E-state index contributed by atoms with van der Waals surface area (Å²) in [7, 11) is 0. The van der Waals surface area contributed by atoms with Gasteiger partial charge in [-0.05, 0) is 30.2 Å². The molecule has 3 N–H and O–H groups in total. The van der Waals surface area contributed by atoms with Crippen molar-refractivity contribution in [2.24, 2.45) is 0 Å². The third kappa shape index (κ3) is 2.39. The maximum atomic E-state index is 11.5. The van der Waals surface area contributed by atoms with Crippen molar-refractivity contribution in [2.75, 3.05) is 5.73 Å². The van der Waals surface area contributed by atoms with Gasteiger partial charge in [-0.1, -0.05) is 6.92 Å². The number of carbonyl (C=O) groups is 1. The number of nitrogens with zero attached hydrogens (tertiary/aromatic N) is 5. The lowest BCUT2D eigenvalue weighted by Gasteiger charge is -2.12. The summed E-state index contributed by atoms with van der Waals surface area (Å²) in [5.74, 6) is -1.15. The number of anilines is 1. The topological polar surface area (TPSA) is 111 Å². The molecule has 0 fully saturated rings. The van der Waals surface area contributed by atoms with Gasteiger partial charge in [0.05, 0.1) is 23.1 Å². The van der Waals surface area contributed by atoms with Crippen molar-refractivity contribution in [3.8, 4) is 17.1 Å². The van der Waals surface area contributed by atoms with Crippen LogP contribution in [0.4, 0.5) is 5.69 Å². The molecule has 4 aromatic heterocycles. The molecule has 0 radical (unpaired) electrons. The first-order valence-corrected chi connectivity index (χ1v) is 8.08. The van der Waals surface area contributed by atoms with E-state index in [1.807, 2.05) is 29.1 Å². The Morgan fingerprint density at radius 1 is 1.23 bits per heavy atom. The van der Waals surface area contributed by atoms with Crippen LogP contribution in [0.5, 0.6) is 0 Å². The summed E-state index contributed by atoms with van der Waals surface area (Å²) in [6.07, 6.45) is 9.16. The summed E-state index contributed by atoms with van der Waals surface area (Å²) in [4.78, 5) is 19.7. The second-order valence-corrected chi connectivity index (χ2v) is 5.79. The fourth-order valence-electron chi connectivity index (χ4n) is 3.02. The van der Waals surface area contributed by atoms with E-state index in [0.29, 0.717) is 11.4 Å². The van der Waals surface area contributed by atoms with E-state index in [1.165, 1.54) is 12.4 Å². The molecule has 0 amide bonds. The summed E-state index contributed by atoms with van der Waals surface area (Å²) >= 11 is 0. The number of carboxylic acids is 1. The number of hydrogen-bond acceptors (Lipinski definition) is 5. The number of fused-ring (bicyclic) bond motifs is 1. The van der Waals surface area contributed by atoms with Gasteiger partial charge < -0.3 is 15.4 Å². The normalized spacial score (nSPS) is 11.1. The Labute approximate surface area is 148 Å².